The number of hydrogen-bond acceptors (Lipinski definition) is 4. The summed E-state index contributed by atoms with van der Waals surface area (Å²) in [4.78, 5) is 24.5. The summed E-state index contributed by atoms with van der Waals surface area (Å²) in [7, 11) is 1.40. The summed E-state index contributed by atoms with van der Waals surface area (Å²) >= 11 is 0. The van der Waals surface area contributed by atoms with Gasteiger partial charge in [0.25, 0.3) is 0 Å². The third kappa shape index (κ3) is 4.34. The van der Waals surface area contributed by atoms with E-state index in [0.717, 1.165) is 19.5 Å². The van der Waals surface area contributed by atoms with Gasteiger partial charge in [0.2, 0.25) is 5.91 Å². The van der Waals surface area contributed by atoms with Gasteiger partial charge in [-0.1, -0.05) is 6.92 Å². The van der Waals surface area contributed by atoms with Gasteiger partial charge in [0, 0.05) is 26.1 Å². The molecule has 1 aliphatic heterocycles. The lowest BCUT2D eigenvalue weighted by atomic mass is 9.91. The predicted octanol–water partition coefficient (Wildman–Crippen LogP) is 0.396. The van der Waals surface area contributed by atoms with E-state index in [9.17, 15) is 9.59 Å². The predicted molar refractivity (Wildman–Crippen MR) is 64.5 cm³/mol. The third-order valence-corrected chi connectivity index (χ3v) is 3.16. The quantitative estimate of drug-likeness (QED) is 0.725. The molecule has 5 heteroatoms. The van der Waals surface area contributed by atoms with Crippen LogP contribution >= 0.6 is 0 Å². The number of carbonyl (C=O) groups excluding carboxylic acids is 2. The number of amides is 1. The maximum Gasteiger partial charge on any atom is 0.305 e. The minimum Gasteiger partial charge on any atom is -0.469 e. The van der Waals surface area contributed by atoms with Crippen LogP contribution in [0.3, 0.4) is 0 Å². The zero-order valence-electron chi connectivity index (χ0n) is 10.9. The lowest BCUT2D eigenvalue weighted by Crippen LogP contribution is -2.51. The van der Waals surface area contributed by atoms with Gasteiger partial charge in [0.05, 0.1) is 13.5 Å². The van der Waals surface area contributed by atoms with Gasteiger partial charge < -0.3 is 15.0 Å². The van der Waals surface area contributed by atoms with E-state index in [0.29, 0.717) is 13.0 Å². The molecule has 0 aromatic carbocycles. The summed E-state index contributed by atoms with van der Waals surface area (Å²) in [6.45, 7) is 5.89. The van der Waals surface area contributed by atoms with Crippen molar-refractivity contribution in [2.45, 2.75) is 32.7 Å². The molecule has 98 valence electrons. The van der Waals surface area contributed by atoms with Crippen LogP contribution in [-0.2, 0) is 14.3 Å². The van der Waals surface area contributed by atoms with Crippen LogP contribution in [0.5, 0.6) is 0 Å². The van der Waals surface area contributed by atoms with Gasteiger partial charge in [-0.3, -0.25) is 9.59 Å². The first-order valence-corrected chi connectivity index (χ1v) is 6.12. The molecule has 1 heterocycles. The zero-order chi connectivity index (χ0) is 12.8. The van der Waals surface area contributed by atoms with Crippen LogP contribution in [0.1, 0.15) is 26.7 Å². The fourth-order valence-electron chi connectivity index (χ4n) is 2.36. The van der Waals surface area contributed by atoms with Crippen molar-refractivity contribution in [1.82, 2.24) is 10.2 Å². The van der Waals surface area contributed by atoms with Gasteiger partial charge >= 0.3 is 5.97 Å². The van der Waals surface area contributed by atoms with Crippen LogP contribution < -0.4 is 5.32 Å². The van der Waals surface area contributed by atoms with Crippen molar-refractivity contribution >= 4 is 11.9 Å². The summed E-state index contributed by atoms with van der Waals surface area (Å²) in [5, 5.41) is 3.34. The molecule has 0 aromatic heterocycles. The molecular weight excluding hydrogens is 220 g/mol. The first kappa shape index (κ1) is 14.0. The molecule has 0 spiro atoms. The number of likely N-dealkylation sites (tertiary alicyclic amines) is 1. The number of carbonyl (C=O) groups is 2. The number of esters is 1. The average Bonchev–Trinajstić information content (AvgIpc) is 2.29. The van der Waals surface area contributed by atoms with E-state index in [-0.39, 0.29) is 23.8 Å². The highest BCUT2D eigenvalue weighted by Gasteiger charge is 2.29. The maximum absolute atomic E-state index is 11.4. The molecule has 17 heavy (non-hydrogen) atoms. The number of hydrogen-bond donors (Lipinski definition) is 1. The molecule has 0 saturated carbocycles. The molecule has 1 rings (SSSR count). The number of rotatable bonds is 4. The minimum absolute atomic E-state index is 0.0717. The Morgan fingerprint density at radius 3 is 2.65 bits per heavy atom. The first-order chi connectivity index (χ1) is 8.06. The van der Waals surface area contributed by atoms with Gasteiger partial charge in [0.15, 0.2) is 0 Å². The Bertz CT molecular complexity index is 281. The minimum atomic E-state index is -0.198. The lowest BCUT2D eigenvalue weighted by molar-refractivity contribution is -0.143. The van der Waals surface area contributed by atoms with E-state index < -0.39 is 0 Å². The SMILES string of the molecule is CCNC1CC(CC(=O)OC)CN(C(C)=O)C1. The van der Waals surface area contributed by atoms with Gasteiger partial charge in [-0.05, 0) is 18.9 Å². The summed E-state index contributed by atoms with van der Waals surface area (Å²) in [6, 6.07) is 0.285. The average molecular weight is 242 g/mol. The second kappa shape index (κ2) is 6.59. The number of nitrogens with zero attached hydrogens (tertiary/aromatic N) is 1. The highest BCUT2D eigenvalue weighted by molar-refractivity contribution is 5.74. The van der Waals surface area contributed by atoms with E-state index in [1.807, 2.05) is 11.8 Å². The molecule has 0 aromatic rings. The molecular formula is C12H22N2O3. The van der Waals surface area contributed by atoms with Crippen molar-refractivity contribution in [3.8, 4) is 0 Å². The van der Waals surface area contributed by atoms with Gasteiger partial charge in [-0.2, -0.15) is 0 Å². The summed E-state index contributed by atoms with van der Waals surface area (Å²) in [5.74, 6) is 0.0715. The number of ether oxygens (including phenoxy) is 1. The molecule has 1 N–H and O–H groups in total. The van der Waals surface area contributed by atoms with Gasteiger partial charge in [-0.15, -0.1) is 0 Å². The highest BCUT2D eigenvalue weighted by Crippen LogP contribution is 2.20. The van der Waals surface area contributed by atoms with E-state index in [1.165, 1.54) is 7.11 Å². The first-order valence-electron chi connectivity index (χ1n) is 6.12. The Morgan fingerprint density at radius 2 is 2.12 bits per heavy atom. The van der Waals surface area contributed by atoms with Crippen molar-refractivity contribution in [2.24, 2.45) is 5.92 Å². The third-order valence-electron chi connectivity index (χ3n) is 3.16. The van der Waals surface area contributed by atoms with E-state index >= 15 is 0 Å². The largest absolute Gasteiger partial charge is 0.469 e. The van der Waals surface area contributed by atoms with E-state index in [1.54, 1.807) is 6.92 Å². The molecule has 1 fully saturated rings. The van der Waals surface area contributed by atoms with Gasteiger partial charge in [0.1, 0.15) is 0 Å². The Balaban J connectivity index is 2.58. The smallest absolute Gasteiger partial charge is 0.305 e. The number of methoxy groups -OCH3 is 1. The molecule has 2 atom stereocenters. The normalized spacial score (nSPS) is 24.5. The molecule has 1 amide bonds. The van der Waals surface area contributed by atoms with Crippen LogP contribution in [0.15, 0.2) is 0 Å². The van der Waals surface area contributed by atoms with Crippen LogP contribution in [-0.4, -0.2) is 49.6 Å². The zero-order valence-corrected chi connectivity index (χ0v) is 10.9. The van der Waals surface area contributed by atoms with E-state index in [4.69, 9.17) is 0 Å². The topological polar surface area (TPSA) is 58.6 Å². The Morgan fingerprint density at radius 1 is 1.41 bits per heavy atom. The van der Waals surface area contributed by atoms with E-state index in [2.05, 4.69) is 10.1 Å². The number of piperidine rings is 1. The summed E-state index contributed by atoms with van der Waals surface area (Å²) in [5.41, 5.74) is 0. The fourth-order valence-corrected chi connectivity index (χ4v) is 2.36. The molecule has 5 nitrogen and oxygen atoms in total. The van der Waals surface area contributed by atoms with Crippen molar-refractivity contribution in [3.05, 3.63) is 0 Å². The highest BCUT2D eigenvalue weighted by atomic mass is 16.5. The molecule has 0 aliphatic carbocycles. The monoisotopic (exact) mass is 242 g/mol. The molecule has 0 bridgehead atoms. The maximum atomic E-state index is 11.4. The molecule has 1 aliphatic rings. The second-order valence-electron chi connectivity index (χ2n) is 4.56. The van der Waals surface area contributed by atoms with Crippen molar-refractivity contribution in [2.75, 3.05) is 26.7 Å². The Hall–Kier alpha value is -1.10. The lowest BCUT2D eigenvalue weighted by Gasteiger charge is -2.37. The fraction of sp³-hybridized carbons (Fsp3) is 0.833. The molecule has 2 unspecified atom stereocenters. The number of likely N-dealkylation sites (N-methyl/N-ethyl adjacent to an activating group) is 1. The van der Waals surface area contributed by atoms with Crippen LogP contribution in [0.25, 0.3) is 0 Å². The summed E-state index contributed by atoms with van der Waals surface area (Å²) in [6.07, 6.45) is 1.31. The van der Waals surface area contributed by atoms with Crippen LogP contribution in [0.2, 0.25) is 0 Å². The second-order valence-corrected chi connectivity index (χ2v) is 4.56. The standard InChI is InChI=1S/C12H22N2O3/c1-4-13-11-5-10(6-12(16)17-3)7-14(8-11)9(2)15/h10-11,13H,4-8H2,1-3H3. The van der Waals surface area contributed by atoms with Crippen LogP contribution in [0.4, 0.5) is 0 Å². The Kier molecular flexibility index (Phi) is 5.41. The summed E-state index contributed by atoms with van der Waals surface area (Å²) < 4.78 is 4.68. The Labute approximate surface area is 102 Å². The van der Waals surface area contributed by atoms with Crippen molar-refractivity contribution < 1.29 is 14.3 Å². The van der Waals surface area contributed by atoms with Crippen LogP contribution in [0, 0.1) is 5.92 Å². The van der Waals surface area contributed by atoms with Gasteiger partial charge in [-0.25, -0.2) is 0 Å². The number of nitrogens with one attached hydrogen (secondary N) is 1. The molecule has 0 radical (unpaired) electrons. The van der Waals surface area contributed by atoms with Crippen molar-refractivity contribution in [3.63, 3.8) is 0 Å². The molecule has 1 saturated heterocycles. The van der Waals surface area contributed by atoms with Crippen molar-refractivity contribution in [1.29, 1.82) is 0 Å².